The molecule has 0 radical (unpaired) electrons. The van der Waals surface area contributed by atoms with Crippen LogP contribution in [0.2, 0.25) is 0 Å². The van der Waals surface area contributed by atoms with Gasteiger partial charge in [-0.05, 0) is 25.5 Å². The Bertz CT molecular complexity index is 572. The van der Waals surface area contributed by atoms with Crippen molar-refractivity contribution in [2.75, 3.05) is 13.6 Å². The highest BCUT2D eigenvalue weighted by Gasteiger charge is 2.34. The van der Waals surface area contributed by atoms with Crippen molar-refractivity contribution in [1.29, 1.82) is 0 Å². The standard InChI is InChI=1S/C12H16F3NO4S/c1-9(17)7-8-16(2)21(18,19)11-6-4-3-5-10(11)20-12(13,14)15/h3-6,9,17H,7-8H2,1-2H3/t9-/m1/s1. The molecule has 1 atom stereocenters. The van der Waals surface area contributed by atoms with E-state index in [1.54, 1.807) is 0 Å². The van der Waals surface area contributed by atoms with Gasteiger partial charge in [-0.15, -0.1) is 13.2 Å². The van der Waals surface area contributed by atoms with Gasteiger partial charge in [-0.2, -0.15) is 0 Å². The number of rotatable bonds is 6. The van der Waals surface area contributed by atoms with E-state index in [0.717, 1.165) is 16.4 Å². The second-order valence-corrected chi connectivity index (χ2v) is 6.47. The molecule has 0 saturated heterocycles. The normalized spacial score (nSPS) is 14.2. The molecule has 0 bridgehead atoms. The van der Waals surface area contributed by atoms with Crippen LogP contribution in [0.4, 0.5) is 13.2 Å². The van der Waals surface area contributed by atoms with Crippen molar-refractivity contribution >= 4 is 10.0 Å². The third-order valence-electron chi connectivity index (χ3n) is 2.62. The zero-order valence-electron chi connectivity index (χ0n) is 11.5. The molecule has 1 aromatic carbocycles. The van der Waals surface area contributed by atoms with E-state index in [0.29, 0.717) is 0 Å². The van der Waals surface area contributed by atoms with Crippen molar-refractivity contribution in [2.24, 2.45) is 0 Å². The summed E-state index contributed by atoms with van der Waals surface area (Å²) < 4.78 is 66.0. The highest BCUT2D eigenvalue weighted by atomic mass is 32.2. The number of ether oxygens (including phenoxy) is 1. The summed E-state index contributed by atoms with van der Waals surface area (Å²) in [7, 11) is -2.92. The first kappa shape index (κ1) is 17.7. The van der Waals surface area contributed by atoms with Gasteiger partial charge in [0.05, 0.1) is 6.10 Å². The summed E-state index contributed by atoms with van der Waals surface area (Å²) in [4.78, 5) is -0.574. The summed E-state index contributed by atoms with van der Waals surface area (Å²) in [5, 5.41) is 9.15. The number of aliphatic hydroxyl groups excluding tert-OH is 1. The van der Waals surface area contributed by atoms with Crippen molar-refractivity contribution in [3.8, 4) is 5.75 Å². The van der Waals surface area contributed by atoms with Crippen molar-refractivity contribution in [3.05, 3.63) is 24.3 Å². The molecule has 0 fully saturated rings. The van der Waals surface area contributed by atoms with E-state index >= 15 is 0 Å². The van der Waals surface area contributed by atoms with Crippen LogP contribution in [0.15, 0.2) is 29.2 Å². The van der Waals surface area contributed by atoms with Crippen LogP contribution in [-0.4, -0.2) is 43.9 Å². The quantitative estimate of drug-likeness (QED) is 0.867. The molecule has 0 aliphatic carbocycles. The molecule has 5 nitrogen and oxygen atoms in total. The van der Waals surface area contributed by atoms with Crippen LogP contribution in [-0.2, 0) is 10.0 Å². The minimum Gasteiger partial charge on any atom is -0.404 e. The zero-order chi connectivity index (χ0) is 16.3. The van der Waals surface area contributed by atoms with Crippen LogP contribution < -0.4 is 4.74 Å². The van der Waals surface area contributed by atoms with Crippen LogP contribution >= 0.6 is 0 Å². The Morgan fingerprint density at radius 1 is 1.33 bits per heavy atom. The number of sulfonamides is 1. The summed E-state index contributed by atoms with van der Waals surface area (Å²) in [6, 6.07) is 4.52. The number of benzene rings is 1. The predicted octanol–water partition coefficient (Wildman–Crippen LogP) is 1.98. The number of hydrogen-bond donors (Lipinski definition) is 1. The fraction of sp³-hybridized carbons (Fsp3) is 0.500. The van der Waals surface area contributed by atoms with E-state index in [1.165, 1.54) is 26.1 Å². The lowest BCUT2D eigenvalue weighted by Gasteiger charge is -2.20. The Labute approximate surface area is 121 Å². The van der Waals surface area contributed by atoms with Crippen molar-refractivity contribution < 1.29 is 31.4 Å². The van der Waals surface area contributed by atoms with Crippen LogP contribution in [0, 0.1) is 0 Å². The molecule has 0 spiro atoms. The predicted molar refractivity (Wildman–Crippen MR) is 69.2 cm³/mol. The topological polar surface area (TPSA) is 66.8 Å². The molecule has 9 heteroatoms. The molecule has 0 unspecified atom stereocenters. The average molecular weight is 327 g/mol. The fourth-order valence-electron chi connectivity index (χ4n) is 1.53. The third-order valence-corrected chi connectivity index (χ3v) is 4.52. The molecule has 0 amide bonds. The van der Waals surface area contributed by atoms with E-state index in [2.05, 4.69) is 4.74 Å². The maximum Gasteiger partial charge on any atom is 0.573 e. The second-order valence-electron chi connectivity index (χ2n) is 4.46. The van der Waals surface area contributed by atoms with E-state index in [4.69, 9.17) is 5.11 Å². The Morgan fingerprint density at radius 2 is 1.90 bits per heavy atom. The Hall–Kier alpha value is -1.32. The molecule has 120 valence electrons. The lowest BCUT2D eigenvalue weighted by atomic mass is 10.3. The first-order chi connectivity index (χ1) is 9.54. The summed E-state index contributed by atoms with van der Waals surface area (Å²) in [6.45, 7) is 1.46. The molecule has 1 N–H and O–H groups in total. The maximum atomic E-state index is 12.3. The molecule has 1 aromatic rings. The first-order valence-electron chi connectivity index (χ1n) is 6.03. The fourth-order valence-corrected chi connectivity index (χ4v) is 2.83. The van der Waals surface area contributed by atoms with Crippen LogP contribution in [0.25, 0.3) is 0 Å². The number of hydrogen-bond acceptors (Lipinski definition) is 4. The summed E-state index contributed by atoms with van der Waals surface area (Å²) >= 11 is 0. The van der Waals surface area contributed by atoms with Crippen LogP contribution in [0.1, 0.15) is 13.3 Å². The largest absolute Gasteiger partial charge is 0.573 e. The van der Waals surface area contributed by atoms with Crippen molar-refractivity contribution in [2.45, 2.75) is 30.7 Å². The Balaban J connectivity index is 3.08. The Morgan fingerprint density at radius 3 is 2.43 bits per heavy atom. The van der Waals surface area contributed by atoms with Gasteiger partial charge >= 0.3 is 6.36 Å². The summed E-state index contributed by atoms with van der Waals surface area (Å²) in [6.07, 6.45) is -5.54. The van der Waals surface area contributed by atoms with Crippen molar-refractivity contribution in [1.82, 2.24) is 4.31 Å². The SMILES string of the molecule is C[C@@H](O)CCN(C)S(=O)(=O)c1ccccc1OC(F)(F)F. The Kier molecular flexibility index (Phi) is 5.60. The maximum absolute atomic E-state index is 12.3. The molecule has 0 heterocycles. The smallest absolute Gasteiger partial charge is 0.404 e. The minimum atomic E-state index is -4.98. The molecule has 21 heavy (non-hydrogen) atoms. The monoisotopic (exact) mass is 327 g/mol. The van der Waals surface area contributed by atoms with E-state index < -0.39 is 33.1 Å². The van der Waals surface area contributed by atoms with Gasteiger partial charge < -0.3 is 9.84 Å². The first-order valence-corrected chi connectivity index (χ1v) is 7.47. The molecule has 0 aliphatic heterocycles. The lowest BCUT2D eigenvalue weighted by Crippen LogP contribution is -2.30. The second kappa shape index (κ2) is 6.63. The number of aliphatic hydroxyl groups is 1. The highest BCUT2D eigenvalue weighted by molar-refractivity contribution is 7.89. The third kappa shape index (κ3) is 5.18. The summed E-state index contributed by atoms with van der Waals surface area (Å²) in [5.74, 6) is -0.783. The number of nitrogens with zero attached hydrogens (tertiary/aromatic N) is 1. The van der Waals surface area contributed by atoms with Gasteiger partial charge in [0.25, 0.3) is 0 Å². The molecular weight excluding hydrogens is 311 g/mol. The van der Waals surface area contributed by atoms with Gasteiger partial charge in [0.15, 0.2) is 0 Å². The number of alkyl halides is 3. The molecule has 1 rings (SSSR count). The molecule has 0 aliphatic rings. The van der Waals surface area contributed by atoms with Gasteiger partial charge in [0, 0.05) is 13.6 Å². The van der Waals surface area contributed by atoms with Gasteiger partial charge in [0.1, 0.15) is 10.6 Å². The van der Waals surface area contributed by atoms with E-state index in [1.807, 2.05) is 0 Å². The van der Waals surface area contributed by atoms with E-state index in [9.17, 15) is 21.6 Å². The van der Waals surface area contributed by atoms with Gasteiger partial charge in [-0.3, -0.25) is 0 Å². The molecule has 0 saturated carbocycles. The van der Waals surface area contributed by atoms with Crippen LogP contribution in [0.3, 0.4) is 0 Å². The average Bonchev–Trinajstić information content (AvgIpc) is 2.34. The number of para-hydroxylation sites is 1. The molecule has 0 aromatic heterocycles. The number of halogens is 3. The minimum absolute atomic E-state index is 0.0274. The van der Waals surface area contributed by atoms with Crippen molar-refractivity contribution in [3.63, 3.8) is 0 Å². The van der Waals surface area contributed by atoms with Gasteiger partial charge in [-0.1, -0.05) is 12.1 Å². The highest BCUT2D eigenvalue weighted by Crippen LogP contribution is 2.30. The summed E-state index contributed by atoms with van der Waals surface area (Å²) in [5.41, 5.74) is 0. The lowest BCUT2D eigenvalue weighted by molar-refractivity contribution is -0.275. The van der Waals surface area contributed by atoms with Gasteiger partial charge in [-0.25, -0.2) is 12.7 Å². The molecular formula is C12H16F3NO4S. The van der Waals surface area contributed by atoms with Gasteiger partial charge in [0.2, 0.25) is 10.0 Å². The zero-order valence-corrected chi connectivity index (χ0v) is 12.3. The van der Waals surface area contributed by atoms with E-state index in [-0.39, 0.29) is 13.0 Å². The van der Waals surface area contributed by atoms with Crippen LogP contribution in [0.5, 0.6) is 5.75 Å².